The highest BCUT2D eigenvalue weighted by molar-refractivity contribution is 6.39. The first-order valence-electron chi connectivity index (χ1n) is 47.0. The number of ether oxygens (including phenoxy) is 12. The molecule has 2 aromatic carbocycles. The van der Waals surface area contributed by atoms with Crippen LogP contribution in [0.3, 0.4) is 0 Å². The zero-order valence-electron chi connectivity index (χ0n) is 79.2. The number of nitrogens with two attached hydrogens (primary N) is 3. The predicted octanol–water partition coefficient (Wildman–Crippen LogP) is 9.29. The van der Waals surface area contributed by atoms with Crippen LogP contribution in [0, 0.1) is 35.5 Å². The highest BCUT2D eigenvalue weighted by Crippen LogP contribution is 2.41. The van der Waals surface area contributed by atoms with Crippen LogP contribution in [0.1, 0.15) is 175 Å². The van der Waals surface area contributed by atoms with Crippen molar-refractivity contribution in [3.8, 4) is 11.3 Å². The first-order chi connectivity index (χ1) is 63.4. The molecule has 1 aliphatic carbocycles. The highest BCUT2D eigenvalue weighted by atomic mass is 16.6. The molecule has 730 valence electrons. The number of amides is 4. The molecule has 5 aliphatic heterocycles. The standard InChI is InChI=1S/C65H106N4O17.C32H38N8O6/c1-12-31-82-33-34-83-32-27-67-62(76)64(66)25-29-68(30-26-64)63(77)85-52-24-22-48(38-55(52)80-10)37-44(5)54-40-51(70)43(4)36-46(7)57(72)58(81-11)56(71)45(6)35-41(2)18-14-13-15-19-42(3)53(79-9)39-49-23-21-47(8)65(78,86-49)59(73)60(74)69-28-17-16-20-50(69)61(75)84-54;1-42-10-11-44-14-15-45-13-12-43-9-7-27(41)39-8-6-22-16-21(2-3-24(22)19-39)18-40-31-28(30(33)35-20-36-31)29(38-40)23-4-5-26-25(17-23)37-32(34)46-26/h13-15,18-19,36,41,43-45,47-55,57-58,70,72,78H,12,16-17,20-35,37-40,66H2,1-11H3,(H,67,76);2-5,16-17,20H,6-15,18-19H2,1H3,(H2,34,37)(H2,33,35,36)/b15-13+,18-14+,42-19+,46-36+;/t41-,43-,44-,45-,47-,48+,49+,50+,51-,52-,53+,54+,55-,57-,58+,65-;/m1./s1. The molecular weight excluding hydrogens is 1700 g/mol. The highest BCUT2D eigenvalue weighted by Gasteiger charge is 2.54. The van der Waals surface area contributed by atoms with E-state index in [1.807, 2.05) is 92.8 Å². The molecule has 0 radical (unpaired) electrons. The van der Waals surface area contributed by atoms with Gasteiger partial charge in [-0.25, -0.2) is 24.2 Å². The van der Waals surface area contributed by atoms with Crippen LogP contribution in [0.5, 0.6) is 0 Å². The minimum atomic E-state index is -2.46. The van der Waals surface area contributed by atoms with Crippen LogP contribution in [-0.4, -0.2) is 296 Å². The Hall–Kier alpha value is -9.05. The third-order valence-electron chi connectivity index (χ3n) is 26.3. The number of hydrogen-bond donors (Lipinski definition) is 7. The Kier molecular flexibility index (Phi) is 41.0. The van der Waals surface area contributed by atoms with Crippen LogP contribution < -0.4 is 22.5 Å². The number of nitrogens with one attached hydrogen (secondary N) is 1. The fourth-order valence-electron chi connectivity index (χ4n) is 18.3. The lowest BCUT2D eigenvalue weighted by atomic mass is 9.78. The third kappa shape index (κ3) is 29.0. The first-order valence-corrected chi connectivity index (χ1v) is 47.0. The monoisotopic (exact) mass is 1850 g/mol. The molecule has 0 spiro atoms. The summed E-state index contributed by atoms with van der Waals surface area (Å²) in [5.41, 5.74) is 25.5. The number of benzene rings is 2. The van der Waals surface area contributed by atoms with E-state index in [0.29, 0.717) is 209 Å². The van der Waals surface area contributed by atoms with Crippen molar-refractivity contribution in [1.82, 2.24) is 44.7 Å². The van der Waals surface area contributed by atoms with Gasteiger partial charge in [-0.15, -0.1) is 0 Å². The molecule has 0 unspecified atom stereocenters. The number of aliphatic hydroxyl groups excluding tert-OH is 2. The Balaban J connectivity index is 0.000000327. The SMILES string of the molecule is CCCOCCOCCNC(=O)C1(N)CCN(C(=O)O[C@@H]2CC[C@@H](C[C@@H](C)[C@@H]3C[C@@H](O)[C@H](C)/C=C(\C)[C@@H](O)[C@@H](OC)C(=O)[C@H](C)C[C@H](C)/C=C/C=C/C=C(\C)[C@@H](OC)C[C@@H]4CC[C@@H](C)[C@@](O)(O4)C(=O)C(=O)N4CCCC[C@H]4C(=O)O3)C[C@H]2OC)CC1.COCCOCCOCCOCCC(=O)N1CCc2cc(Cn3nc(-c4ccc5oc(N)nc5c4)c4c(N)ncnc43)ccc2C1. The molecule has 3 aromatic heterocycles. The Labute approximate surface area is 775 Å². The van der Waals surface area contributed by atoms with Gasteiger partial charge in [0, 0.05) is 110 Å². The fraction of sp³-hybridized carbons (Fsp3) is 0.660. The number of piperidine rings is 2. The first kappa shape index (κ1) is 105. The number of allylic oxidation sites excluding steroid dienone is 5. The van der Waals surface area contributed by atoms with E-state index in [1.54, 1.807) is 53.1 Å². The Bertz CT molecular complexity index is 4700. The molecule has 6 aliphatic rings. The second-order valence-electron chi connectivity index (χ2n) is 36.2. The number of cyclic esters (lactones) is 1. The number of hydrogen-bond acceptors (Lipinski definition) is 30. The van der Waals surface area contributed by atoms with Crippen LogP contribution in [0.2, 0.25) is 0 Å². The summed E-state index contributed by atoms with van der Waals surface area (Å²) in [6.07, 6.45) is 13.1. The Morgan fingerprint density at radius 2 is 1.45 bits per heavy atom. The van der Waals surface area contributed by atoms with Gasteiger partial charge in [-0.05, 0) is 168 Å². The lowest BCUT2D eigenvalue weighted by Gasteiger charge is -2.43. The number of nitrogen functional groups attached to an aromatic ring is 2. The molecular formula is C97H144N12O23. The van der Waals surface area contributed by atoms with E-state index in [0.717, 1.165) is 35.1 Å². The number of oxazole rings is 1. The van der Waals surface area contributed by atoms with Crippen LogP contribution in [-0.2, 0) is 105 Å². The van der Waals surface area contributed by atoms with E-state index in [-0.39, 0.29) is 86.7 Å². The maximum Gasteiger partial charge on any atom is 0.410 e. The number of aliphatic hydroxyl groups is 3. The molecule has 10 N–H and O–H groups in total. The van der Waals surface area contributed by atoms with Crippen LogP contribution in [0.25, 0.3) is 33.4 Å². The van der Waals surface area contributed by atoms with Gasteiger partial charge in [-0.1, -0.05) is 96.2 Å². The van der Waals surface area contributed by atoms with E-state index < -0.39 is 108 Å². The normalized spacial score (nSPS) is 27.9. The molecule has 35 heteroatoms. The lowest BCUT2D eigenvalue weighted by molar-refractivity contribution is -0.265. The van der Waals surface area contributed by atoms with Crippen molar-refractivity contribution in [1.29, 1.82) is 0 Å². The van der Waals surface area contributed by atoms with Crippen LogP contribution in [0.15, 0.2) is 94.7 Å². The maximum atomic E-state index is 14.7. The van der Waals surface area contributed by atoms with Gasteiger partial charge in [-0.3, -0.25) is 24.0 Å². The molecule has 8 heterocycles. The van der Waals surface area contributed by atoms with Gasteiger partial charge in [0.25, 0.3) is 17.7 Å². The second-order valence-corrected chi connectivity index (χ2v) is 36.2. The predicted molar refractivity (Wildman–Crippen MR) is 494 cm³/mol. The van der Waals surface area contributed by atoms with Gasteiger partial charge >= 0.3 is 12.1 Å². The number of ketones is 2. The molecule has 16 atom stereocenters. The average molecular weight is 1850 g/mol. The fourth-order valence-corrected chi connectivity index (χ4v) is 18.3. The smallest absolute Gasteiger partial charge is 0.410 e. The zero-order chi connectivity index (χ0) is 95.2. The molecule has 4 amide bonds. The van der Waals surface area contributed by atoms with Gasteiger partial charge in [0.15, 0.2) is 17.0 Å². The van der Waals surface area contributed by atoms with Crippen molar-refractivity contribution in [2.45, 2.75) is 244 Å². The molecule has 5 aromatic rings. The van der Waals surface area contributed by atoms with Gasteiger partial charge in [0.1, 0.15) is 53.8 Å². The summed E-state index contributed by atoms with van der Waals surface area (Å²) >= 11 is 0. The maximum absolute atomic E-state index is 14.7. The van der Waals surface area contributed by atoms with Crippen molar-refractivity contribution >= 4 is 75.3 Å². The van der Waals surface area contributed by atoms with Crippen molar-refractivity contribution in [2.75, 3.05) is 145 Å². The van der Waals surface area contributed by atoms with E-state index in [1.165, 1.54) is 23.9 Å². The molecule has 2 bridgehead atoms. The van der Waals surface area contributed by atoms with Crippen LogP contribution in [0.4, 0.5) is 16.6 Å². The van der Waals surface area contributed by atoms with E-state index >= 15 is 0 Å². The summed E-state index contributed by atoms with van der Waals surface area (Å²) in [5, 5.41) is 44.2. The average Bonchev–Trinajstić information content (AvgIpc) is 1.54. The Morgan fingerprint density at radius 3 is 2.16 bits per heavy atom. The van der Waals surface area contributed by atoms with Crippen molar-refractivity contribution in [3.63, 3.8) is 0 Å². The summed E-state index contributed by atoms with van der Waals surface area (Å²) in [5.74, 6) is -7.73. The summed E-state index contributed by atoms with van der Waals surface area (Å²) in [7, 11) is 6.16. The number of Topliss-reactive ketones (excluding diaryl/α,β-unsaturated/α-hetero) is 2. The Morgan fingerprint density at radius 1 is 0.727 bits per heavy atom. The third-order valence-corrected chi connectivity index (χ3v) is 26.3. The number of rotatable bonds is 31. The number of carbonyl (C=O) groups is 7. The lowest BCUT2D eigenvalue weighted by Crippen LogP contribution is -2.61. The van der Waals surface area contributed by atoms with E-state index in [2.05, 4.69) is 38.5 Å². The minimum Gasteiger partial charge on any atom is -0.460 e. The second kappa shape index (κ2) is 51.6. The summed E-state index contributed by atoms with van der Waals surface area (Å²) in [6.45, 7) is 22.7. The number of aromatic nitrogens is 5. The molecule has 4 fully saturated rings. The van der Waals surface area contributed by atoms with Crippen molar-refractivity contribution in [2.24, 2.45) is 41.2 Å². The van der Waals surface area contributed by atoms with E-state index in [4.69, 9.17) is 83.6 Å². The molecule has 3 saturated heterocycles. The molecule has 11 rings (SSSR count). The number of fused-ring (bicyclic) bond motifs is 6. The summed E-state index contributed by atoms with van der Waals surface area (Å²) in [6, 6.07) is 10.8. The quantitative estimate of drug-likeness (QED) is 0.00939. The number of methoxy groups -OCH3 is 4. The van der Waals surface area contributed by atoms with E-state index in [9.17, 15) is 48.9 Å². The number of anilines is 2. The number of nitrogens with zero attached hydrogens (tertiary/aromatic N) is 8. The molecule has 132 heavy (non-hydrogen) atoms. The van der Waals surface area contributed by atoms with Crippen molar-refractivity contribution in [3.05, 3.63) is 107 Å². The summed E-state index contributed by atoms with van der Waals surface area (Å²) in [4.78, 5) is 115. The largest absolute Gasteiger partial charge is 0.460 e. The van der Waals surface area contributed by atoms with Gasteiger partial charge in [0.05, 0.1) is 114 Å². The topological polar surface area (TPSA) is 460 Å². The van der Waals surface area contributed by atoms with Crippen LogP contribution >= 0.6 is 0 Å². The van der Waals surface area contributed by atoms with Gasteiger partial charge in [-0.2, -0.15) is 10.1 Å². The number of likely N-dealkylation sites (tertiary alicyclic amines) is 1. The van der Waals surface area contributed by atoms with Gasteiger partial charge in [0.2, 0.25) is 17.6 Å². The molecule has 1 saturated carbocycles. The summed E-state index contributed by atoms with van der Waals surface area (Å²) < 4.78 is 75.8. The number of carbonyl (C=O) groups excluding carboxylic acids is 7. The zero-order valence-corrected chi connectivity index (χ0v) is 79.2. The minimum absolute atomic E-state index is 0.000223. The number of esters is 1. The van der Waals surface area contributed by atoms with Gasteiger partial charge < -0.3 is 114 Å². The molecule has 35 nitrogen and oxygen atoms in total. The van der Waals surface area contributed by atoms with Crippen molar-refractivity contribution < 1.29 is 110 Å².